The van der Waals surface area contributed by atoms with Crippen molar-refractivity contribution < 1.29 is 14.4 Å². The number of carbonyl (C=O) groups excluding carboxylic acids is 3. The van der Waals surface area contributed by atoms with E-state index in [0.29, 0.717) is 12.0 Å². The van der Waals surface area contributed by atoms with Gasteiger partial charge in [0.25, 0.3) is 5.91 Å². The van der Waals surface area contributed by atoms with Crippen molar-refractivity contribution in [3.63, 3.8) is 0 Å². The van der Waals surface area contributed by atoms with Crippen LogP contribution in [0.4, 0.5) is 5.69 Å². The Bertz CT molecular complexity index is 539. The van der Waals surface area contributed by atoms with Crippen LogP contribution >= 0.6 is 0 Å². The number of hydrogen-bond donors (Lipinski definition) is 2. The molecule has 1 aliphatic rings. The van der Waals surface area contributed by atoms with Gasteiger partial charge in [-0.15, -0.1) is 0 Å². The minimum absolute atomic E-state index is 0.0864. The van der Waals surface area contributed by atoms with Crippen molar-refractivity contribution in [1.82, 2.24) is 10.2 Å². The van der Waals surface area contributed by atoms with Gasteiger partial charge in [-0.25, -0.2) is 0 Å². The largest absolute Gasteiger partial charge is 0.388 e. The van der Waals surface area contributed by atoms with Gasteiger partial charge in [0, 0.05) is 18.3 Å². The average molecular weight is 275 g/mol. The second kappa shape index (κ2) is 5.73. The zero-order valence-corrected chi connectivity index (χ0v) is 11.5. The number of imide groups is 1. The van der Waals surface area contributed by atoms with Crippen LogP contribution in [0.3, 0.4) is 0 Å². The van der Waals surface area contributed by atoms with Gasteiger partial charge in [-0.05, 0) is 30.7 Å². The second-order valence-electron chi connectivity index (χ2n) is 4.60. The Balaban J connectivity index is 2.24. The molecule has 1 aromatic rings. The predicted molar refractivity (Wildman–Crippen MR) is 74.3 cm³/mol. The number of benzene rings is 1. The van der Waals surface area contributed by atoms with Crippen molar-refractivity contribution in [3.05, 3.63) is 29.8 Å². The molecule has 1 heterocycles. The van der Waals surface area contributed by atoms with E-state index in [4.69, 9.17) is 0 Å². The molecule has 2 rings (SSSR count). The molecule has 1 aromatic carbocycles. The highest BCUT2D eigenvalue weighted by atomic mass is 16.2. The Morgan fingerprint density at radius 3 is 2.55 bits per heavy atom. The Morgan fingerprint density at radius 2 is 2.00 bits per heavy atom. The van der Waals surface area contributed by atoms with Crippen LogP contribution in [0, 0.1) is 0 Å². The molecule has 0 aliphatic carbocycles. The third-order valence-corrected chi connectivity index (χ3v) is 3.32. The van der Waals surface area contributed by atoms with Gasteiger partial charge in [0.15, 0.2) is 0 Å². The molecule has 6 nitrogen and oxygen atoms in total. The Morgan fingerprint density at radius 1 is 1.35 bits per heavy atom. The quantitative estimate of drug-likeness (QED) is 0.792. The smallest absolute Gasteiger partial charge is 0.255 e. The van der Waals surface area contributed by atoms with Crippen LogP contribution in [0.15, 0.2) is 24.3 Å². The van der Waals surface area contributed by atoms with Crippen LogP contribution in [-0.4, -0.2) is 42.3 Å². The highest BCUT2D eigenvalue weighted by Crippen LogP contribution is 2.16. The molecule has 0 saturated carbocycles. The van der Waals surface area contributed by atoms with Crippen LogP contribution in [0.25, 0.3) is 0 Å². The first-order valence-electron chi connectivity index (χ1n) is 6.49. The van der Waals surface area contributed by atoms with Gasteiger partial charge in [0.05, 0.1) is 0 Å². The number of amides is 3. The van der Waals surface area contributed by atoms with E-state index in [0.717, 1.165) is 5.69 Å². The van der Waals surface area contributed by atoms with Crippen LogP contribution in [-0.2, 0) is 9.59 Å². The fourth-order valence-corrected chi connectivity index (χ4v) is 2.23. The monoisotopic (exact) mass is 275 g/mol. The lowest BCUT2D eigenvalue weighted by Crippen LogP contribution is -2.59. The molecular formula is C14H17N3O3. The summed E-state index contributed by atoms with van der Waals surface area (Å²) in [5.41, 5.74) is 1.35. The number of rotatable bonds is 3. The first-order valence-corrected chi connectivity index (χ1v) is 6.49. The maximum Gasteiger partial charge on any atom is 0.255 e. The summed E-state index contributed by atoms with van der Waals surface area (Å²) in [5, 5.41) is 5.22. The van der Waals surface area contributed by atoms with Gasteiger partial charge < -0.3 is 10.2 Å². The summed E-state index contributed by atoms with van der Waals surface area (Å²) in [6.07, 6.45) is 0.472. The van der Waals surface area contributed by atoms with Gasteiger partial charge in [-0.3, -0.25) is 19.7 Å². The summed E-state index contributed by atoms with van der Waals surface area (Å²) >= 11 is 0. The molecule has 0 spiro atoms. The number of anilines is 1. The van der Waals surface area contributed by atoms with Crippen LogP contribution in [0.1, 0.15) is 23.7 Å². The number of carbonyl (C=O) groups is 3. The van der Waals surface area contributed by atoms with Crippen LogP contribution in [0.2, 0.25) is 0 Å². The minimum atomic E-state index is -0.593. The third-order valence-electron chi connectivity index (χ3n) is 3.32. The summed E-state index contributed by atoms with van der Waals surface area (Å²) in [6, 6.07) is 6.32. The lowest BCUT2D eigenvalue weighted by Gasteiger charge is -2.33. The molecule has 1 fully saturated rings. The van der Waals surface area contributed by atoms with E-state index >= 15 is 0 Å². The molecule has 106 valence electrons. The number of piperazine rings is 1. The summed E-state index contributed by atoms with van der Waals surface area (Å²) < 4.78 is 0. The topological polar surface area (TPSA) is 78.5 Å². The molecule has 0 radical (unpaired) electrons. The van der Waals surface area contributed by atoms with E-state index in [1.54, 1.807) is 31.3 Å². The Kier molecular flexibility index (Phi) is 4.02. The van der Waals surface area contributed by atoms with Crippen molar-refractivity contribution in [2.75, 3.05) is 18.9 Å². The molecule has 1 atom stereocenters. The lowest BCUT2D eigenvalue weighted by atomic mass is 10.1. The standard InChI is InChI=1S/C14H17N3O3/c1-3-11-13(19)16-12(18)8-17(11)14(20)9-4-6-10(15-2)7-5-9/h4-7,11,15H,3,8H2,1-2H3,(H,16,18,19). The van der Waals surface area contributed by atoms with Gasteiger partial charge in [-0.1, -0.05) is 6.92 Å². The maximum atomic E-state index is 12.4. The van der Waals surface area contributed by atoms with E-state index < -0.39 is 17.9 Å². The minimum Gasteiger partial charge on any atom is -0.388 e. The third kappa shape index (κ3) is 2.64. The summed E-state index contributed by atoms with van der Waals surface area (Å²) in [7, 11) is 1.79. The van der Waals surface area contributed by atoms with Gasteiger partial charge in [0.2, 0.25) is 11.8 Å². The molecule has 0 aromatic heterocycles. The molecule has 0 bridgehead atoms. The van der Waals surface area contributed by atoms with Gasteiger partial charge in [0.1, 0.15) is 12.6 Å². The van der Waals surface area contributed by atoms with Crippen LogP contribution in [0.5, 0.6) is 0 Å². The zero-order valence-electron chi connectivity index (χ0n) is 11.5. The lowest BCUT2D eigenvalue weighted by molar-refractivity contribution is -0.138. The van der Waals surface area contributed by atoms with Gasteiger partial charge in [-0.2, -0.15) is 0 Å². The summed E-state index contributed by atoms with van der Waals surface area (Å²) in [4.78, 5) is 37.0. The molecule has 1 saturated heterocycles. The fourth-order valence-electron chi connectivity index (χ4n) is 2.23. The zero-order chi connectivity index (χ0) is 14.7. The Labute approximate surface area is 117 Å². The van der Waals surface area contributed by atoms with Crippen molar-refractivity contribution in [3.8, 4) is 0 Å². The van der Waals surface area contributed by atoms with Crippen LogP contribution < -0.4 is 10.6 Å². The number of hydrogen-bond acceptors (Lipinski definition) is 4. The molecule has 2 N–H and O–H groups in total. The van der Waals surface area contributed by atoms with Gasteiger partial charge >= 0.3 is 0 Å². The first kappa shape index (κ1) is 14.0. The fraction of sp³-hybridized carbons (Fsp3) is 0.357. The van der Waals surface area contributed by atoms with E-state index in [9.17, 15) is 14.4 Å². The Hall–Kier alpha value is -2.37. The highest BCUT2D eigenvalue weighted by Gasteiger charge is 2.35. The SMILES string of the molecule is CCC1C(=O)NC(=O)CN1C(=O)c1ccc(NC)cc1. The van der Waals surface area contributed by atoms with Crippen molar-refractivity contribution in [2.24, 2.45) is 0 Å². The van der Waals surface area contributed by atoms with E-state index in [1.807, 2.05) is 6.92 Å². The summed E-state index contributed by atoms with van der Waals surface area (Å²) in [5.74, 6) is -1.16. The van der Waals surface area contributed by atoms with E-state index in [2.05, 4.69) is 10.6 Å². The molecule has 1 aliphatic heterocycles. The maximum absolute atomic E-state index is 12.4. The first-order chi connectivity index (χ1) is 9.56. The van der Waals surface area contributed by atoms with Crippen molar-refractivity contribution in [2.45, 2.75) is 19.4 Å². The average Bonchev–Trinajstić information content (AvgIpc) is 2.46. The van der Waals surface area contributed by atoms with Crippen molar-refractivity contribution >= 4 is 23.4 Å². The molecule has 6 heteroatoms. The molecule has 3 amide bonds. The molecule has 20 heavy (non-hydrogen) atoms. The normalized spacial score (nSPS) is 18.7. The van der Waals surface area contributed by atoms with E-state index in [-0.39, 0.29) is 12.5 Å². The van der Waals surface area contributed by atoms with E-state index in [1.165, 1.54) is 4.90 Å². The predicted octanol–water partition coefficient (Wildman–Crippen LogP) is 0.605. The van der Waals surface area contributed by atoms with Crippen molar-refractivity contribution in [1.29, 1.82) is 0 Å². The molecular weight excluding hydrogens is 258 g/mol. The molecule has 1 unspecified atom stereocenters. The number of nitrogens with one attached hydrogen (secondary N) is 2. The summed E-state index contributed by atoms with van der Waals surface area (Å²) in [6.45, 7) is 1.72. The highest BCUT2D eigenvalue weighted by molar-refractivity contribution is 6.07. The second-order valence-corrected chi connectivity index (χ2v) is 4.60. The number of nitrogens with zero attached hydrogens (tertiary/aromatic N) is 1.